The van der Waals surface area contributed by atoms with Crippen LogP contribution in [0, 0.1) is 0 Å². The van der Waals surface area contributed by atoms with Crippen LogP contribution in [-0.2, 0) is 17.3 Å². The van der Waals surface area contributed by atoms with Crippen molar-refractivity contribution in [3.63, 3.8) is 0 Å². The van der Waals surface area contributed by atoms with Gasteiger partial charge in [0, 0.05) is 6.54 Å². The quantitative estimate of drug-likeness (QED) is 0.732. The number of fused-ring (bicyclic) bond motifs is 1. The van der Waals surface area contributed by atoms with Gasteiger partial charge in [0.2, 0.25) is 0 Å². The molecule has 0 saturated carbocycles. The highest BCUT2D eigenvalue weighted by Gasteiger charge is 2.35. The van der Waals surface area contributed by atoms with E-state index >= 15 is 0 Å². The molecule has 0 atom stereocenters. The molecule has 21 heavy (non-hydrogen) atoms. The molecule has 0 fully saturated rings. The Morgan fingerprint density at radius 2 is 1.95 bits per heavy atom. The van der Waals surface area contributed by atoms with Crippen molar-refractivity contribution in [2.24, 2.45) is 0 Å². The molecule has 7 heteroatoms. The van der Waals surface area contributed by atoms with E-state index in [1.54, 1.807) is 20.8 Å². The topological polar surface area (TPSA) is 42.4 Å². The van der Waals surface area contributed by atoms with Crippen molar-refractivity contribution in [1.29, 1.82) is 0 Å². The van der Waals surface area contributed by atoms with Gasteiger partial charge in [-0.15, -0.1) is 0 Å². The number of alkyl halides is 3. The Bertz CT molecular complexity index is 550. The molecular formula is C14H17F3N2O2. The van der Waals surface area contributed by atoms with Crippen molar-refractivity contribution >= 4 is 11.8 Å². The smallest absolute Gasteiger partial charge is 0.433 e. The molecule has 2 heterocycles. The predicted octanol–water partition coefficient (Wildman–Crippen LogP) is 3.79. The minimum Gasteiger partial charge on any atom is -0.443 e. The van der Waals surface area contributed by atoms with Crippen LogP contribution in [-0.4, -0.2) is 23.2 Å². The van der Waals surface area contributed by atoms with E-state index in [2.05, 4.69) is 4.98 Å². The number of ether oxygens (including phenoxy) is 1. The highest BCUT2D eigenvalue weighted by atomic mass is 19.4. The lowest BCUT2D eigenvalue weighted by molar-refractivity contribution is -0.141. The van der Waals surface area contributed by atoms with Crippen LogP contribution in [0.1, 0.15) is 38.6 Å². The molecule has 0 radical (unpaired) electrons. The van der Waals surface area contributed by atoms with Crippen molar-refractivity contribution in [1.82, 2.24) is 4.98 Å². The first-order chi connectivity index (χ1) is 9.58. The third kappa shape index (κ3) is 3.65. The number of pyridine rings is 1. The van der Waals surface area contributed by atoms with Gasteiger partial charge in [-0.1, -0.05) is 0 Å². The number of aryl methyl sites for hydroxylation is 1. The largest absolute Gasteiger partial charge is 0.443 e. The summed E-state index contributed by atoms with van der Waals surface area (Å²) in [6, 6.07) is 2.18. The van der Waals surface area contributed by atoms with Crippen LogP contribution < -0.4 is 4.90 Å². The number of carbonyl (C=O) groups is 1. The Morgan fingerprint density at radius 1 is 1.29 bits per heavy atom. The minimum atomic E-state index is -4.48. The lowest BCUT2D eigenvalue weighted by Crippen LogP contribution is -2.40. The van der Waals surface area contributed by atoms with E-state index in [9.17, 15) is 18.0 Å². The van der Waals surface area contributed by atoms with Crippen LogP contribution in [0.2, 0.25) is 0 Å². The number of anilines is 1. The number of rotatable bonds is 0. The molecule has 0 N–H and O–H groups in total. The summed E-state index contributed by atoms with van der Waals surface area (Å²) in [6.07, 6.45) is -4.08. The Labute approximate surface area is 120 Å². The van der Waals surface area contributed by atoms with Crippen LogP contribution in [0.5, 0.6) is 0 Å². The molecule has 0 saturated heterocycles. The van der Waals surface area contributed by atoms with Crippen LogP contribution in [0.25, 0.3) is 0 Å². The molecule has 0 aliphatic carbocycles. The Hall–Kier alpha value is -1.79. The van der Waals surface area contributed by atoms with Gasteiger partial charge in [0.1, 0.15) is 11.3 Å². The number of hydrogen-bond acceptors (Lipinski definition) is 3. The first kappa shape index (κ1) is 15.6. The van der Waals surface area contributed by atoms with Gasteiger partial charge >= 0.3 is 12.3 Å². The maximum atomic E-state index is 12.7. The third-order valence-corrected chi connectivity index (χ3v) is 2.94. The molecule has 0 aromatic carbocycles. The van der Waals surface area contributed by atoms with Gasteiger partial charge in [-0.3, -0.25) is 4.90 Å². The summed E-state index contributed by atoms with van der Waals surface area (Å²) >= 11 is 0. The lowest BCUT2D eigenvalue weighted by atomic mass is 10.1. The van der Waals surface area contributed by atoms with E-state index < -0.39 is 23.6 Å². The predicted molar refractivity (Wildman–Crippen MR) is 71.1 cm³/mol. The molecule has 1 amide bonds. The molecule has 4 nitrogen and oxygen atoms in total. The summed E-state index contributed by atoms with van der Waals surface area (Å²) < 4.78 is 43.3. The van der Waals surface area contributed by atoms with Gasteiger partial charge in [0.05, 0.1) is 11.4 Å². The standard InChI is InChI=1S/C14H17F3N2O2/c1-13(2,3)21-12(20)19-8-4-5-9-10(19)6-7-11(18-9)14(15,16)17/h6-7H,4-5,8H2,1-3H3. The molecule has 0 bridgehead atoms. The second-order valence-electron chi connectivity index (χ2n) is 5.90. The minimum absolute atomic E-state index is 0.280. The molecular weight excluding hydrogens is 285 g/mol. The van der Waals surface area contributed by atoms with E-state index in [1.807, 2.05) is 0 Å². The van der Waals surface area contributed by atoms with E-state index in [4.69, 9.17) is 4.74 Å². The zero-order valence-corrected chi connectivity index (χ0v) is 12.1. The van der Waals surface area contributed by atoms with Gasteiger partial charge in [0.15, 0.2) is 0 Å². The van der Waals surface area contributed by atoms with E-state index in [-0.39, 0.29) is 5.69 Å². The maximum Gasteiger partial charge on any atom is 0.433 e. The van der Waals surface area contributed by atoms with Gasteiger partial charge in [-0.25, -0.2) is 9.78 Å². The Kier molecular flexibility index (Phi) is 3.86. The van der Waals surface area contributed by atoms with Crippen LogP contribution in [0.3, 0.4) is 0 Å². The van der Waals surface area contributed by atoms with Crippen LogP contribution >= 0.6 is 0 Å². The summed E-state index contributed by atoms with van der Waals surface area (Å²) in [7, 11) is 0. The summed E-state index contributed by atoms with van der Waals surface area (Å²) in [5.41, 5.74) is -0.925. The van der Waals surface area contributed by atoms with Gasteiger partial charge in [-0.05, 0) is 45.7 Å². The molecule has 0 spiro atoms. The fourth-order valence-corrected chi connectivity index (χ4v) is 2.11. The number of aromatic nitrogens is 1. The average Bonchev–Trinajstić information content (AvgIpc) is 2.34. The van der Waals surface area contributed by atoms with Crippen molar-refractivity contribution in [3.05, 3.63) is 23.5 Å². The maximum absolute atomic E-state index is 12.7. The van der Waals surface area contributed by atoms with Gasteiger partial charge < -0.3 is 4.74 Å². The lowest BCUT2D eigenvalue weighted by Gasteiger charge is -2.31. The molecule has 1 aliphatic heterocycles. The van der Waals surface area contributed by atoms with Crippen molar-refractivity contribution in [2.45, 2.75) is 45.4 Å². The number of hydrogen-bond donors (Lipinski definition) is 0. The van der Waals surface area contributed by atoms with E-state index in [0.29, 0.717) is 25.1 Å². The van der Waals surface area contributed by atoms with Crippen LogP contribution in [0.15, 0.2) is 12.1 Å². The summed E-state index contributed by atoms with van der Waals surface area (Å²) in [5.74, 6) is 0. The molecule has 2 rings (SSSR count). The summed E-state index contributed by atoms with van der Waals surface area (Å²) in [4.78, 5) is 17.1. The second kappa shape index (κ2) is 5.20. The fraction of sp³-hybridized carbons (Fsp3) is 0.571. The number of nitrogens with zero attached hydrogens (tertiary/aromatic N) is 2. The Balaban J connectivity index is 2.30. The monoisotopic (exact) mass is 302 g/mol. The van der Waals surface area contributed by atoms with Crippen molar-refractivity contribution < 1.29 is 22.7 Å². The highest BCUT2D eigenvalue weighted by Crippen LogP contribution is 2.33. The van der Waals surface area contributed by atoms with Crippen molar-refractivity contribution in [2.75, 3.05) is 11.4 Å². The van der Waals surface area contributed by atoms with Gasteiger partial charge in [0.25, 0.3) is 0 Å². The average molecular weight is 302 g/mol. The molecule has 1 aromatic rings. The zero-order valence-electron chi connectivity index (χ0n) is 12.1. The molecule has 1 aliphatic rings. The normalized spacial score (nSPS) is 15.6. The van der Waals surface area contributed by atoms with Crippen molar-refractivity contribution in [3.8, 4) is 0 Å². The molecule has 116 valence electrons. The SMILES string of the molecule is CC(C)(C)OC(=O)N1CCCc2nc(C(F)(F)F)ccc21. The number of amides is 1. The number of carbonyl (C=O) groups excluding carboxylic acids is 1. The van der Waals surface area contributed by atoms with Gasteiger partial charge in [-0.2, -0.15) is 13.2 Å². The van der Waals surface area contributed by atoms with Crippen LogP contribution in [0.4, 0.5) is 23.7 Å². The first-order valence-corrected chi connectivity index (χ1v) is 6.65. The molecule has 1 aromatic heterocycles. The third-order valence-electron chi connectivity index (χ3n) is 2.94. The highest BCUT2D eigenvalue weighted by molar-refractivity contribution is 5.89. The number of halogens is 3. The zero-order chi connectivity index (χ0) is 15.8. The first-order valence-electron chi connectivity index (χ1n) is 6.65. The summed E-state index contributed by atoms with van der Waals surface area (Å²) in [6.45, 7) is 5.62. The summed E-state index contributed by atoms with van der Waals surface area (Å²) in [5, 5.41) is 0. The Morgan fingerprint density at radius 3 is 2.52 bits per heavy atom. The fourth-order valence-electron chi connectivity index (χ4n) is 2.11. The second-order valence-corrected chi connectivity index (χ2v) is 5.90. The van der Waals surface area contributed by atoms with E-state index in [1.165, 1.54) is 11.0 Å². The molecule has 0 unspecified atom stereocenters. The van der Waals surface area contributed by atoms with E-state index in [0.717, 1.165) is 6.07 Å².